The Morgan fingerprint density at radius 1 is 0.920 bits per heavy atom. The molecule has 1 aromatic carbocycles. The molecular formula is C22H37BrN2. The summed E-state index contributed by atoms with van der Waals surface area (Å²) in [5.74, 6) is 0.939. The van der Waals surface area contributed by atoms with Crippen molar-refractivity contribution in [1.82, 2.24) is 4.90 Å². The quantitative estimate of drug-likeness (QED) is 0.620. The van der Waals surface area contributed by atoms with E-state index < -0.39 is 0 Å². The van der Waals surface area contributed by atoms with Gasteiger partial charge in [-0.25, -0.2) is 0 Å². The lowest BCUT2D eigenvalue weighted by Crippen LogP contribution is -3.00. The number of likely N-dealkylation sites (tertiary alicyclic amines) is 1. The molecule has 0 radical (unpaired) electrons. The van der Waals surface area contributed by atoms with E-state index in [2.05, 4.69) is 42.3 Å². The van der Waals surface area contributed by atoms with Crippen LogP contribution in [0.5, 0.6) is 0 Å². The second kappa shape index (κ2) is 10.7. The summed E-state index contributed by atoms with van der Waals surface area (Å²) >= 11 is 0. The first-order valence-electron chi connectivity index (χ1n) is 10.3. The number of rotatable bonds is 7. The van der Waals surface area contributed by atoms with E-state index in [1.165, 1.54) is 94.1 Å². The molecule has 142 valence electrons. The summed E-state index contributed by atoms with van der Waals surface area (Å²) < 4.78 is 1.30. The van der Waals surface area contributed by atoms with Crippen LogP contribution < -0.4 is 17.0 Å². The third kappa shape index (κ3) is 7.03. The van der Waals surface area contributed by atoms with Gasteiger partial charge in [-0.1, -0.05) is 49.6 Å². The van der Waals surface area contributed by atoms with Gasteiger partial charge >= 0.3 is 0 Å². The van der Waals surface area contributed by atoms with Gasteiger partial charge in [0, 0.05) is 19.6 Å². The summed E-state index contributed by atoms with van der Waals surface area (Å²) in [5.41, 5.74) is 1.48. The summed E-state index contributed by atoms with van der Waals surface area (Å²) in [6, 6.07) is 11.1. The van der Waals surface area contributed by atoms with Gasteiger partial charge in [0.15, 0.2) is 0 Å². The molecule has 1 aliphatic heterocycles. The van der Waals surface area contributed by atoms with E-state index in [-0.39, 0.29) is 17.0 Å². The van der Waals surface area contributed by atoms with Crippen molar-refractivity contribution in [1.29, 1.82) is 0 Å². The van der Waals surface area contributed by atoms with Gasteiger partial charge in [0.05, 0.1) is 26.7 Å². The number of nitrogens with zero attached hydrogens (tertiary/aromatic N) is 2. The molecule has 1 saturated carbocycles. The van der Waals surface area contributed by atoms with Gasteiger partial charge in [-0.15, -0.1) is 0 Å². The fourth-order valence-corrected chi connectivity index (χ4v) is 4.69. The van der Waals surface area contributed by atoms with Gasteiger partial charge in [-0.3, -0.25) is 4.90 Å². The Morgan fingerprint density at radius 2 is 1.56 bits per heavy atom. The fraction of sp³-hybridized carbons (Fsp3) is 0.727. The van der Waals surface area contributed by atoms with Gasteiger partial charge < -0.3 is 21.5 Å². The van der Waals surface area contributed by atoms with Crippen molar-refractivity contribution in [2.24, 2.45) is 5.92 Å². The largest absolute Gasteiger partial charge is 1.00 e. The number of hydrogen-bond donors (Lipinski definition) is 0. The van der Waals surface area contributed by atoms with E-state index in [1.54, 1.807) is 0 Å². The minimum Gasteiger partial charge on any atom is -1.00 e. The van der Waals surface area contributed by atoms with E-state index in [1.807, 2.05) is 0 Å². The smallest absolute Gasteiger partial charge is 0.0913 e. The Hall–Kier alpha value is -0.380. The zero-order valence-corrected chi connectivity index (χ0v) is 17.7. The van der Waals surface area contributed by atoms with E-state index in [0.29, 0.717) is 0 Å². The first-order chi connectivity index (χ1) is 11.7. The van der Waals surface area contributed by atoms with Crippen molar-refractivity contribution in [2.45, 2.75) is 57.9 Å². The van der Waals surface area contributed by atoms with Crippen LogP contribution in [0.15, 0.2) is 30.3 Å². The number of benzene rings is 1. The second-order valence-electron chi connectivity index (χ2n) is 8.58. The molecular weight excluding hydrogens is 372 g/mol. The molecule has 0 amide bonds. The van der Waals surface area contributed by atoms with Gasteiger partial charge in [0.2, 0.25) is 0 Å². The van der Waals surface area contributed by atoms with Crippen LogP contribution in [0.2, 0.25) is 0 Å². The second-order valence-corrected chi connectivity index (χ2v) is 8.58. The van der Waals surface area contributed by atoms with Crippen LogP contribution in [0, 0.1) is 5.92 Å². The molecule has 1 saturated heterocycles. The summed E-state index contributed by atoms with van der Waals surface area (Å²) in [6.45, 7) is 7.83. The fourth-order valence-electron chi connectivity index (χ4n) is 4.69. The maximum Gasteiger partial charge on any atom is 0.0913 e. The van der Waals surface area contributed by atoms with Crippen LogP contribution in [-0.2, 0) is 6.54 Å². The Bertz CT molecular complexity index is 464. The van der Waals surface area contributed by atoms with Crippen LogP contribution in [0.25, 0.3) is 0 Å². The van der Waals surface area contributed by atoms with Crippen molar-refractivity contribution in [3.63, 3.8) is 0 Å². The minimum atomic E-state index is 0. The first kappa shape index (κ1) is 20.9. The SMILES string of the molecule is C[N+]1(CCN(Cc2ccccc2)CC2CCCCC2)CCCCC1.[Br-]. The number of quaternary nitrogens is 1. The maximum absolute atomic E-state index is 2.77. The monoisotopic (exact) mass is 408 g/mol. The maximum atomic E-state index is 2.77. The Kier molecular flexibility index (Phi) is 8.95. The Balaban J connectivity index is 0.00000225. The molecule has 0 aromatic heterocycles. The first-order valence-corrected chi connectivity index (χ1v) is 10.3. The number of piperidine rings is 1. The van der Waals surface area contributed by atoms with E-state index in [4.69, 9.17) is 0 Å². The summed E-state index contributed by atoms with van der Waals surface area (Å²) in [5, 5.41) is 0. The molecule has 1 aromatic rings. The molecule has 2 nitrogen and oxygen atoms in total. The van der Waals surface area contributed by atoms with Crippen molar-refractivity contribution in [3.05, 3.63) is 35.9 Å². The molecule has 0 spiro atoms. The third-order valence-corrected chi connectivity index (χ3v) is 6.34. The van der Waals surface area contributed by atoms with Gasteiger partial charge in [-0.05, 0) is 43.6 Å². The molecule has 0 atom stereocenters. The van der Waals surface area contributed by atoms with E-state index in [9.17, 15) is 0 Å². The molecule has 3 heteroatoms. The molecule has 0 bridgehead atoms. The molecule has 1 aliphatic carbocycles. The van der Waals surface area contributed by atoms with Crippen molar-refractivity contribution >= 4 is 0 Å². The third-order valence-electron chi connectivity index (χ3n) is 6.34. The zero-order chi connectivity index (χ0) is 16.7. The lowest BCUT2D eigenvalue weighted by atomic mass is 9.89. The number of likely N-dealkylation sites (N-methyl/N-ethyl adjacent to an activating group) is 1. The van der Waals surface area contributed by atoms with E-state index >= 15 is 0 Å². The predicted molar refractivity (Wildman–Crippen MR) is 103 cm³/mol. The predicted octanol–water partition coefficient (Wildman–Crippen LogP) is 1.70. The van der Waals surface area contributed by atoms with Crippen molar-refractivity contribution in [2.75, 3.05) is 39.8 Å². The molecule has 3 rings (SSSR count). The van der Waals surface area contributed by atoms with Crippen LogP contribution >= 0.6 is 0 Å². The zero-order valence-electron chi connectivity index (χ0n) is 16.1. The average Bonchev–Trinajstić information content (AvgIpc) is 2.62. The minimum absolute atomic E-state index is 0. The van der Waals surface area contributed by atoms with Crippen LogP contribution in [-0.4, -0.2) is 49.2 Å². The van der Waals surface area contributed by atoms with Crippen LogP contribution in [0.3, 0.4) is 0 Å². The van der Waals surface area contributed by atoms with E-state index in [0.717, 1.165) is 12.5 Å². The van der Waals surface area contributed by atoms with Gasteiger partial charge in [0.25, 0.3) is 0 Å². The lowest BCUT2D eigenvalue weighted by molar-refractivity contribution is -0.913. The highest BCUT2D eigenvalue weighted by atomic mass is 79.9. The summed E-state index contributed by atoms with van der Waals surface area (Å²) in [7, 11) is 2.49. The molecule has 25 heavy (non-hydrogen) atoms. The molecule has 2 fully saturated rings. The molecule has 0 unspecified atom stereocenters. The van der Waals surface area contributed by atoms with Crippen molar-refractivity contribution < 1.29 is 21.5 Å². The molecule has 1 heterocycles. The molecule has 2 aliphatic rings. The average molecular weight is 409 g/mol. The highest BCUT2D eigenvalue weighted by Crippen LogP contribution is 2.25. The summed E-state index contributed by atoms with van der Waals surface area (Å²) in [6.07, 6.45) is 11.6. The van der Waals surface area contributed by atoms with Crippen molar-refractivity contribution in [3.8, 4) is 0 Å². The topological polar surface area (TPSA) is 3.24 Å². The number of hydrogen-bond acceptors (Lipinski definition) is 1. The van der Waals surface area contributed by atoms with Gasteiger partial charge in [0.1, 0.15) is 0 Å². The lowest BCUT2D eigenvalue weighted by Gasteiger charge is -2.40. The normalized spacial score (nSPS) is 21.0. The van der Waals surface area contributed by atoms with Crippen LogP contribution in [0.1, 0.15) is 56.9 Å². The number of halogens is 1. The highest BCUT2D eigenvalue weighted by Gasteiger charge is 2.26. The highest BCUT2D eigenvalue weighted by molar-refractivity contribution is 5.14. The Morgan fingerprint density at radius 3 is 2.24 bits per heavy atom. The van der Waals surface area contributed by atoms with Crippen LogP contribution in [0.4, 0.5) is 0 Å². The Labute approximate surface area is 166 Å². The standard InChI is InChI=1S/C22H37N2.BrH/c1-24(16-9-4-10-17-24)18-15-23(19-21-11-5-2-6-12-21)20-22-13-7-3-8-14-22;/h2,5-6,11-12,22H,3-4,7-10,13-20H2,1H3;1H/q+1;/p-1. The molecule has 0 N–H and O–H groups in total. The van der Waals surface area contributed by atoms with Gasteiger partial charge in [-0.2, -0.15) is 0 Å². The summed E-state index contributed by atoms with van der Waals surface area (Å²) in [4.78, 5) is 2.77.